The van der Waals surface area contributed by atoms with Crippen LogP contribution < -0.4 is 16.0 Å². The van der Waals surface area contributed by atoms with Gasteiger partial charge in [0.05, 0.1) is 11.6 Å². The molecule has 0 aromatic carbocycles. The normalized spacial score (nSPS) is 22.1. The molecule has 2 atom stereocenters. The van der Waals surface area contributed by atoms with E-state index in [1.807, 2.05) is 30.3 Å². The monoisotopic (exact) mass is 423 g/mol. The second-order valence-corrected chi connectivity index (χ2v) is 8.55. The van der Waals surface area contributed by atoms with Gasteiger partial charge in [0, 0.05) is 44.1 Å². The van der Waals surface area contributed by atoms with Gasteiger partial charge < -0.3 is 20.7 Å². The van der Waals surface area contributed by atoms with E-state index in [1.165, 1.54) is 0 Å². The molecule has 2 fully saturated rings. The Morgan fingerprint density at radius 1 is 1.16 bits per heavy atom. The minimum absolute atomic E-state index is 0.0101. The Hall–Kier alpha value is -2.51. The first-order valence-corrected chi connectivity index (χ1v) is 11.5. The third-order valence-electron chi connectivity index (χ3n) is 6.35. The van der Waals surface area contributed by atoms with Gasteiger partial charge in [0.15, 0.2) is 0 Å². The molecule has 0 bridgehead atoms. The van der Waals surface area contributed by atoms with Crippen LogP contribution in [-0.2, 0) is 9.53 Å². The van der Waals surface area contributed by atoms with Gasteiger partial charge in [0.25, 0.3) is 0 Å². The first kappa shape index (κ1) is 21.7. The Balaban J connectivity index is 1.37. The van der Waals surface area contributed by atoms with E-state index in [-0.39, 0.29) is 11.8 Å². The highest BCUT2D eigenvalue weighted by molar-refractivity contribution is 5.92. The molecule has 31 heavy (non-hydrogen) atoms. The van der Waals surface area contributed by atoms with Crippen molar-refractivity contribution >= 4 is 17.5 Å². The van der Waals surface area contributed by atoms with E-state index < -0.39 is 0 Å². The molecule has 2 aromatic heterocycles. The zero-order chi connectivity index (χ0) is 21.5. The third-order valence-corrected chi connectivity index (χ3v) is 6.35. The van der Waals surface area contributed by atoms with Crippen molar-refractivity contribution < 1.29 is 9.53 Å². The molecule has 0 saturated carbocycles. The van der Waals surface area contributed by atoms with Crippen molar-refractivity contribution in [1.82, 2.24) is 15.3 Å². The molecule has 1 amide bonds. The Morgan fingerprint density at radius 3 is 2.81 bits per heavy atom. The number of nitrogens with one attached hydrogen (secondary N) is 3. The van der Waals surface area contributed by atoms with Crippen LogP contribution in [0.3, 0.4) is 0 Å². The summed E-state index contributed by atoms with van der Waals surface area (Å²) in [6.07, 6.45) is 6.97. The van der Waals surface area contributed by atoms with Crippen LogP contribution in [0.2, 0.25) is 0 Å². The molecule has 0 unspecified atom stereocenters. The van der Waals surface area contributed by atoms with Crippen LogP contribution in [0.15, 0.2) is 36.5 Å². The maximum atomic E-state index is 12.7. The predicted molar refractivity (Wildman–Crippen MR) is 123 cm³/mol. The molecule has 2 saturated heterocycles. The van der Waals surface area contributed by atoms with Crippen molar-refractivity contribution in [2.24, 2.45) is 11.8 Å². The van der Waals surface area contributed by atoms with Crippen molar-refractivity contribution in [3.63, 3.8) is 0 Å². The first-order chi connectivity index (χ1) is 15.2. The molecule has 7 heteroatoms. The lowest BCUT2D eigenvalue weighted by atomic mass is 9.93. The summed E-state index contributed by atoms with van der Waals surface area (Å²) in [5, 5.41) is 9.92. The van der Waals surface area contributed by atoms with Crippen molar-refractivity contribution in [2.45, 2.75) is 45.1 Å². The number of aromatic nitrogens is 2. The van der Waals surface area contributed by atoms with Gasteiger partial charge in [-0.1, -0.05) is 13.0 Å². The van der Waals surface area contributed by atoms with Crippen molar-refractivity contribution in [3.8, 4) is 11.3 Å². The molecule has 4 heterocycles. The number of nitrogens with zero attached hydrogens (tertiary/aromatic N) is 2. The largest absolute Gasteiger partial charge is 0.381 e. The zero-order valence-corrected chi connectivity index (χ0v) is 18.3. The maximum Gasteiger partial charge on any atom is 0.229 e. The molecule has 0 spiro atoms. The molecule has 3 N–H and O–H groups in total. The number of carbonyl (C=O) groups excluding carboxylic acids is 1. The second kappa shape index (κ2) is 10.7. The van der Waals surface area contributed by atoms with Crippen molar-refractivity contribution in [3.05, 3.63) is 36.5 Å². The molecule has 2 aliphatic rings. The van der Waals surface area contributed by atoms with Gasteiger partial charge in [-0.05, 0) is 62.3 Å². The Labute approximate surface area is 184 Å². The number of hydrogen-bond donors (Lipinski definition) is 3. The Morgan fingerprint density at radius 2 is 2.03 bits per heavy atom. The summed E-state index contributed by atoms with van der Waals surface area (Å²) >= 11 is 0. The first-order valence-electron chi connectivity index (χ1n) is 11.5. The van der Waals surface area contributed by atoms with Gasteiger partial charge in [-0.25, -0.2) is 9.97 Å². The fourth-order valence-corrected chi connectivity index (χ4v) is 4.27. The molecular formula is C24H33N5O2. The number of amides is 1. The minimum Gasteiger partial charge on any atom is -0.381 e. The summed E-state index contributed by atoms with van der Waals surface area (Å²) in [7, 11) is 0. The van der Waals surface area contributed by atoms with Crippen LogP contribution in [0.25, 0.3) is 11.3 Å². The number of ether oxygens (including phenoxy) is 1. The predicted octanol–water partition coefficient (Wildman–Crippen LogP) is 3.70. The van der Waals surface area contributed by atoms with Crippen molar-refractivity contribution in [2.75, 3.05) is 36.9 Å². The van der Waals surface area contributed by atoms with E-state index in [2.05, 4.69) is 27.9 Å². The molecule has 4 rings (SSSR count). The van der Waals surface area contributed by atoms with E-state index >= 15 is 0 Å². The number of piperidine rings is 1. The number of anilines is 2. The van der Waals surface area contributed by atoms with Crippen LogP contribution in [-0.4, -0.2) is 48.2 Å². The summed E-state index contributed by atoms with van der Waals surface area (Å²) in [5.41, 5.74) is 1.80. The topological polar surface area (TPSA) is 88.2 Å². The lowest BCUT2D eigenvalue weighted by Gasteiger charge is -2.28. The fourth-order valence-electron chi connectivity index (χ4n) is 4.27. The van der Waals surface area contributed by atoms with Crippen LogP contribution in [0, 0.1) is 11.8 Å². The Bertz CT molecular complexity index is 861. The van der Waals surface area contributed by atoms with Gasteiger partial charge in [0.1, 0.15) is 11.6 Å². The molecule has 2 aromatic rings. The molecule has 0 radical (unpaired) electrons. The number of pyridine rings is 2. The van der Waals surface area contributed by atoms with Gasteiger partial charge in [-0.3, -0.25) is 4.79 Å². The minimum atomic E-state index is -0.0101. The highest BCUT2D eigenvalue weighted by atomic mass is 16.5. The second-order valence-electron chi connectivity index (χ2n) is 8.55. The summed E-state index contributed by atoms with van der Waals surface area (Å²) < 4.78 is 5.43. The lowest BCUT2D eigenvalue weighted by molar-refractivity contribution is -0.120. The summed E-state index contributed by atoms with van der Waals surface area (Å²) in [6.45, 7) is 5.51. The number of rotatable bonds is 7. The molecular weight excluding hydrogens is 390 g/mol. The van der Waals surface area contributed by atoms with Crippen LogP contribution in [0.1, 0.15) is 39.0 Å². The molecule has 166 valence electrons. The highest BCUT2D eigenvalue weighted by Crippen LogP contribution is 2.23. The smallest absolute Gasteiger partial charge is 0.229 e. The van der Waals surface area contributed by atoms with E-state index in [0.29, 0.717) is 17.8 Å². The van der Waals surface area contributed by atoms with Gasteiger partial charge in [-0.2, -0.15) is 0 Å². The molecule has 0 aliphatic carbocycles. The van der Waals surface area contributed by atoms with Crippen LogP contribution >= 0.6 is 0 Å². The zero-order valence-electron chi connectivity index (χ0n) is 18.3. The van der Waals surface area contributed by atoms with Crippen molar-refractivity contribution in [1.29, 1.82) is 0 Å². The average Bonchev–Trinajstić information content (AvgIpc) is 2.84. The van der Waals surface area contributed by atoms with Gasteiger partial charge in [-0.15, -0.1) is 0 Å². The van der Waals surface area contributed by atoms with Gasteiger partial charge in [0.2, 0.25) is 5.91 Å². The molecule has 7 nitrogen and oxygen atoms in total. The lowest BCUT2D eigenvalue weighted by Crippen LogP contribution is -2.43. The fraction of sp³-hybridized carbons (Fsp3) is 0.542. The standard InChI is InChI=1S/C24H33N5O2/c1-2-20-7-6-19(16-26-20)24(30)29-23-14-18(8-11-25-23)21-4-3-5-22(28-21)27-15-17-9-12-31-13-10-17/h3-5,8,11,14,17,19-20,26H,2,6-7,9-10,12-13,15-16H2,1H3,(H,27,28)(H,25,29,30)/t19-,20-/m1/s1. The summed E-state index contributed by atoms with van der Waals surface area (Å²) in [4.78, 5) is 21.8. The average molecular weight is 424 g/mol. The number of hydrogen-bond acceptors (Lipinski definition) is 6. The van der Waals surface area contributed by atoms with E-state index in [4.69, 9.17) is 9.72 Å². The highest BCUT2D eigenvalue weighted by Gasteiger charge is 2.25. The van der Waals surface area contributed by atoms with Gasteiger partial charge >= 0.3 is 0 Å². The van der Waals surface area contributed by atoms with E-state index in [1.54, 1.807) is 6.20 Å². The van der Waals surface area contributed by atoms with E-state index in [9.17, 15) is 4.79 Å². The van der Waals surface area contributed by atoms with E-state index in [0.717, 1.165) is 75.5 Å². The molecule has 2 aliphatic heterocycles. The maximum absolute atomic E-state index is 12.7. The Kier molecular flexibility index (Phi) is 7.48. The summed E-state index contributed by atoms with van der Waals surface area (Å²) in [6, 6.07) is 10.3. The third kappa shape index (κ3) is 6.02. The summed E-state index contributed by atoms with van der Waals surface area (Å²) in [5.74, 6) is 2.09. The van der Waals surface area contributed by atoms with Crippen LogP contribution in [0.4, 0.5) is 11.6 Å². The van der Waals surface area contributed by atoms with Crippen LogP contribution in [0.5, 0.6) is 0 Å². The number of carbonyl (C=O) groups is 1. The SMILES string of the molecule is CC[C@@H]1CC[C@@H](C(=O)Nc2cc(-c3cccc(NCC4CCOCC4)n3)ccn2)CN1. The quantitative estimate of drug-likeness (QED) is 0.629.